The number of nitrogens with zero attached hydrogens (tertiary/aromatic N) is 1. The highest BCUT2D eigenvalue weighted by Crippen LogP contribution is 2.22. The molecule has 1 aromatic carbocycles. The van der Waals surface area contributed by atoms with Gasteiger partial charge in [-0.15, -0.1) is 11.3 Å². The van der Waals surface area contributed by atoms with Gasteiger partial charge in [-0.1, -0.05) is 30.3 Å². The molecule has 0 amide bonds. The maximum atomic E-state index is 9.58. The van der Waals surface area contributed by atoms with E-state index in [2.05, 4.69) is 6.07 Å². The van der Waals surface area contributed by atoms with Crippen LogP contribution in [0.4, 0.5) is 0 Å². The number of hydrogen-bond acceptors (Lipinski definition) is 3. The van der Waals surface area contributed by atoms with Crippen molar-refractivity contribution < 1.29 is 5.11 Å². The number of hydrogen-bond donors (Lipinski definition) is 1. The standard InChI is InChI=1S/C13H11NOS/c14-9-13(15)12-6-2-1-4-10(12)8-11-5-3-7-16-11/h1-7,13,15H,8H2. The van der Waals surface area contributed by atoms with Crippen LogP contribution in [0.2, 0.25) is 0 Å². The molecule has 0 bridgehead atoms. The zero-order chi connectivity index (χ0) is 11.4. The van der Waals surface area contributed by atoms with E-state index in [1.54, 1.807) is 17.4 Å². The molecule has 1 heterocycles. The van der Waals surface area contributed by atoms with Crippen molar-refractivity contribution in [2.24, 2.45) is 0 Å². The smallest absolute Gasteiger partial charge is 0.166 e. The highest BCUT2D eigenvalue weighted by atomic mass is 32.1. The molecule has 1 aromatic heterocycles. The second-order valence-corrected chi connectivity index (χ2v) is 4.52. The molecule has 1 N–H and O–H groups in total. The van der Waals surface area contributed by atoms with E-state index < -0.39 is 6.10 Å². The average Bonchev–Trinajstić information content (AvgIpc) is 2.82. The van der Waals surface area contributed by atoms with Gasteiger partial charge < -0.3 is 5.11 Å². The van der Waals surface area contributed by atoms with Crippen molar-refractivity contribution in [1.29, 1.82) is 5.26 Å². The summed E-state index contributed by atoms with van der Waals surface area (Å²) in [5, 5.41) is 20.3. The Labute approximate surface area is 98.4 Å². The van der Waals surface area contributed by atoms with Gasteiger partial charge in [-0.05, 0) is 22.6 Å². The number of benzene rings is 1. The van der Waals surface area contributed by atoms with Gasteiger partial charge >= 0.3 is 0 Å². The molecule has 1 atom stereocenters. The van der Waals surface area contributed by atoms with E-state index in [0.717, 1.165) is 12.0 Å². The fourth-order valence-corrected chi connectivity index (χ4v) is 2.36. The minimum absolute atomic E-state index is 0.707. The van der Waals surface area contributed by atoms with Gasteiger partial charge in [-0.2, -0.15) is 5.26 Å². The second-order valence-electron chi connectivity index (χ2n) is 3.49. The lowest BCUT2D eigenvalue weighted by molar-refractivity contribution is 0.235. The van der Waals surface area contributed by atoms with Crippen LogP contribution in [0.3, 0.4) is 0 Å². The first-order chi connectivity index (χ1) is 7.81. The molecule has 2 nitrogen and oxygen atoms in total. The largest absolute Gasteiger partial charge is 0.374 e. The number of rotatable bonds is 3. The van der Waals surface area contributed by atoms with Crippen LogP contribution >= 0.6 is 11.3 Å². The summed E-state index contributed by atoms with van der Waals surface area (Å²) in [6, 6.07) is 13.4. The van der Waals surface area contributed by atoms with Crippen molar-refractivity contribution in [3.05, 3.63) is 57.8 Å². The molecule has 0 fully saturated rings. The summed E-state index contributed by atoms with van der Waals surface area (Å²) in [7, 11) is 0. The van der Waals surface area contributed by atoms with Gasteiger partial charge in [0.15, 0.2) is 6.10 Å². The van der Waals surface area contributed by atoms with Gasteiger partial charge in [-0.25, -0.2) is 0 Å². The summed E-state index contributed by atoms with van der Waals surface area (Å²) >= 11 is 1.68. The molecular weight excluding hydrogens is 218 g/mol. The lowest BCUT2D eigenvalue weighted by atomic mass is 10.00. The van der Waals surface area contributed by atoms with Crippen LogP contribution in [0.5, 0.6) is 0 Å². The predicted octanol–water partition coefficient (Wildman–Crippen LogP) is 2.90. The van der Waals surface area contributed by atoms with Crippen LogP contribution < -0.4 is 0 Å². The quantitative estimate of drug-likeness (QED) is 0.822. The van der Waals surface area contributed by atoms with E-state index in [0.29, 0.717) is 5.56 Å². The fraction of sp³-hybridized carbons (Fsp3) is 0.154. The molecule has 0 aliphatic heterocycles. The highest BCUT2D eigenvalue weighted by Gasteiger charge is 2.11. The van der Waals surface area contributed by atoms with Gasteiger partial charge in [0.1, 0.15) is 0 Å². The van der Waals surface area contributed by atoms with E-state index in [1.807, 2.05) is 35.7 Å². The van der Waals surface area contributed by atoms with Crippen molar-refractivity contribution >= 4 is 11.3 Å². The Hall–Kier alpha value is -1.63. The van der Waals surface area contributed by atoms with E-state index >= 15 is 0 Å². The molecule has 3 heteroatoms. The molecule has 80 valence electrons. The number of aliphatic hydroxyl groups excluding tert-OH is 1. The Morgan fingerprint density at radius 3 is 2.75 bits per heavy atom. The Morgan fingerprint density at radius 2 is 2.06 bits per heavy atom. The lowest BCUT2D eigenvalue weighted by Gasteiger charge is -2.08. The molecule has 0 saturated carbocycles. The first-order valence-corrected chi connectivity index (χ1v) is 5.87. The summed E-state index contributed by atoms with van der Waals surface area (Å²) in [5.74, 6) is 0. The summed E-state index contributed by atoms with van der Waals surface area (Å²) in [6.45, 7) is 0. The Kier molecular flexibility index (Phi) is 3.35. The normalized spacial score (nSPS) is 12.0. The molecule has 2 aromatic rings. The number of nitriles is 1. The second kappa shape index (κ2) is 4.93. The third kappa shape index (κ3) is 2.30. The van der Waals surface area contributed by atoms with Gasteiger partial charge in [0.25, 0.3) is 0 Å². The Morgan fingerprint density at radius 1 is 1.25 bits per heavy atom. The third-order valence-corrected chi connectivity index (χ3v) is 3.29. The van der Waals surface area contributed by atoms with Crippen molar-refractivity contribution in [2.45, 2.75) is 12.5 Å². The van der Waals surface area contributed by atoms with Crippen LogP contribution in [0, 0.1) is 11.3 Å². The van der Waals surface area contributed by atoms with Crippen molar-refractivity contribution in [1.82, 2.24) is 0 Å². The number of aliphatic hydroxyl groups is 1. The molecule has 0 radical (unpaired) electrons. The van der Waals surface area contributed by atoms with Crippen LogP contribution in [-0.4, -0.2) is 5.11 Å². The Balaban J connectivity index is 2.30. The molecular formula is C13H11NOS. The third-order valence-electron chi connectivity index (χ3n) is 2.42. The van der Waals surface area contributed by atoms with Crippen molar-refractivity contribution in [2.75, 3.05) is 0 Å². The van der Waals surface area contributed by atoms with E-state index in [-0.39, 0.29) is 0 Å². The molecule has 0 aliphatic carbocycles. The minimum atomic E-state index is -1.03. The zero-order valence-electron chi connectivity index (χ0n) is 8.63. The molecule has 2 rings (SSSR count). The van der Waals surface area contributed by atoms with Gasteiger partial charge in [-0.3, -0.25) is 0 Å². The van der Waals surface area contributed by atoms with E-state index in [1.165, 1.54) is 4.88 Å². The van der Waals surface area contributed by atoms with Crippen molar-refractivity contribution in [3.8, 4) is 6.07 Å². The lowest BCUT2D eigenvalue weighted by Crippen LogP contribution is -1.99. The SMILES string of the molecule is N#CC(O)c1ccccc1Cc1cccs1. The monoisotopic (exact) mass is 229 g/mol. The zero-order valence-corrected chi connectivity index (χ0v) is 9.45. The summed E-state index contributed by atoms with van der Waals surface area (Å²) in [6.07, 6.45) is -0.261. The van der Waals surface area contributed by atoms with Crippen LogP contribution in [0.15, 0.2) is 41.8 Å². The molecule has 0 saturated heterocycles. The summed E-state index contributed by atoms with van der Waals surface area (Å²) in [4.78, 5) is 1.23. The summed E-state index contributed by atoms with van der Waals surface area (Å²) < 4.78 is 0. The predicted molar refractivity (Wildman–Crippen MR) is 64.1 cm³/mol. The van der Waals surface area contributed by atoms with E-state index in [9.17, 15) is 5.11 Å². The van der Waals surface area contributed by atoms with Crippen LogP contribution in [0.25, 0.3) is 0 Å². The molecule has 16 heavy (non-hydrogen) atoms. The maximum absolute atomic E-state index is 9.58. The minimum Gasteiger partial charge on any atom is -0.374 e. The maximum Gasteiger partial charge on any atom is 0.166 e. The van der Waals surface area contributed by atoms with Gasteiger partial charge in [0, 0.05) is 11.3 Å². The average molecular weight is 229 g/mol. The summed E-state index contributed by atoms with van der Waals surface area (Å²) in [5.41, 5.74) is 1.72. The fourth-order valence-electron chi connectivity index (χ4n) is 1.63. The number of thiophene rings is 1. The van der Waals surface area contributed by atoms with E-state index in [4.69, 9.17) is 5.26 Å². The van der Waals surface area contributed by atoms with Crippen LogP contribution in [-0.2, 0) is 6.42 Å². The molecule has 0 aliphatic rings. The highest BCUT2D eigenvalue weighted by molar-refractivity contribution is 7.09. The van der Waals surface area contributed by atoms with Gasteiger partial charge in [0.05, 0.1) is 6.07 Å². The first kappa shape index (κ1) is 10.9. The van der Waals surface area contributed by atoms with Crippen molar-refractivity contribution in [3.63, 3.8) is 0 Å². The van der Waals surface area contributed by atoms with Crippen LogP contribution in [0.1, 0.15) is 22.1 Å². The first-order valence-electron chi connectivity index (χ1n) is 4.99. The topological polar surface area (TPSA) is 44.0 Å². The van der Waals surface area contributed by atoms with Gasteiger partial charge in [0.2, 0.25) is 0 Å². The Bertz CT molecular complexity index is 499. The molecule has 0 spiro atoms. The molecule has 1 unspecified atom stereocenters.